The van der Waals surface area contributed by atoms with Crippen LogP contribution in [0.5, 0.6) is 5.75 Å². The number of rotatable bonds is 10. The molecule has 2 aromatic carbocycles. The maximum atomic E-state index is 14.2. The Kier molecular flexibility index (Phi) is 7.55. The number of ketones is 1. The molecule has 8 heteroatoms. The number of benzene rings is 2. The van der Waals surface area contributed by atoms with E-state index in [1.165, 1.54) is 30.2 Å². The highest BCUT2D eigenvalue weighted by molar-refractivity contribution is 6.16. The van der Waals surface area contributed by atoms with Crippen molar-refractivity contribution in [3.63, 3.8) is 0 Å². The molecule has 0 fully saturated rings. The Hall–Kier alpha value is -3.91. The largest absolute Gasteiger partial charge is 0.503 e. The first-order chi connectivity index (χ1) is 17.3. The molecule has 1 unspecified atom stereocenters. The van der Waals surface area contributed by atoms with Crippen LogP contribution in [0.1, 0.15) is 31.9 Å². The summed E-state index contributed by atoms with van der Waals surface area (Å²) in [6.07, 6.45) is 3.31. The fraction of sp³-hybridized carbons (Fsp3) is 0.286. The molecule has 3 aromatic rings. The number of methoxy groups -OCH3 is 1. The number of nitrogens with zero attached hydrogens (tertiary/aromatic N) is 1. The Morgan fingerprint density at radius 1 is 1.11 bits per heavy atom. The van der Waals surface area contributed by atoms with E-state index in [1.807, 2.05) is 32.0 Å². The van der Waals surface area contributed by atoms with Crippen molar-refractivity contribution in [3.8, 4) is 16.9 Å². The Bertz CT molecular complexity index is 1260. The molecule has 0 saturated carbocycles. The van der Waals surface area contributed by atoms with E-state index in [2.05, 4.69) is 0 Å². The van der Waals surface area contributed by atoms with Gasteiger partial charge >= 0.3 is 0 Å². The van der Waals surface area contributed by atoms with Gasteiger partial charge in [-0.3, -0.25) is 14.5 Å². The fourth-order valence-electron chi connectivity index (χ4n) is 4.27. The molecule has 1 atom stereocenters. The number of amides is 1. The molecule has 1 aliphatic rings. The van der Waals surface area contributed by atoms with Crippen LogP contribution < -0.4 is 9.64 Å². The molecule has 188 valence electrons. The zero-order valence-corrected chi connectivity index (χ0v) is 20.4. The van der Waals surface area contributed by atoms with Crippen LogP contribution in [0.4, 0.5) is 10.1 Å². The third-order valence-electron chi connectivity index (χ3n) is 5.92. The van der Waals surface area contributed by atoms with Gasteiger partial charge in [-0.25, -0.2) is 4.39 Å². The lowest BCUT2D eigenvalue weighted by atomic mass is 9.91. The molecule has 0 aliphatic carbocycles. The van der Waals surface area contributed by atoms with E-state index in [4.69, 9.17) is 13.9 Å². The standard InChI is InChI=1S/C28H28FNO6/c1-17(2)14-23(31)25-26(22-9-6-20(29)15-24(22)36-13-12-34-3)30(28(33)27(25)32)21-7-4-18(5-8-21)19-10-11-35-16-19/h4-11,15-17,26,32H,12-14H2,1-3H3. The predicted octanol–water partition coefficient (Wildman–Crippen LogP) is 5.63. The molecule has 1 aromatic heterocycles. The van der Waals surface area contributed by atoms with Gasteiger partial charge in [0, 0.05) is 36.4 Å². The lowest BCUT2D eigenvalue weighted by Crippen LogP contribution is -2.31. The third kappa shape index (κ3) is 5.04. The van der Waals surface area contributed by atoms with Gasteiger partial charge < -0.3 is 19.0 Å². The first kappa shape index (κ1) is 25.2. The summed E-state index contributed by atoms with van der Waals surface area (Å²) in [7, 11) is 1.52. The van der Waals surface area contributed by atoms with E-state index < -0.39 is 23.5 Å². The first-order valence-corrected chi connectivity index (χ1v) is 11.7. The first-order valence-electron chi connectivity index (χ1n) is 11.7. The molecule has 0 saturated heterocycles. The number of carbonyl (C=O) groups is 2. The summed E-state index contributed by atoms with van der Waals surface area (Å²) in [4.78, 5) is 28.0. The maximum Gasteiger partial charge on any atom is 0.294 e. The Balaban J connectivity index is 1.81. The Labute approximate surface area is 208 Å². The van der Waals surface area contributed by atoms with E-state index >= 15 is 0 Å². The molecule has 1 N–H and O–H groups in total. The van der Waals surface area contributed by atoms with Crippen LogP contribution in [0.15, 0.2) is 76.8 Å². The summed E-state index contributed by atoms with van der Waals surface area (Å²) in [5.74, 6) is -2.05. The summed E-state index contributed by atoms with van der Waals surface area (Å²) in [6, 6.07) is 11.8. The van der Waals surface area contributed by atoms with Gasteiger partial charge in [0.25, 0.3) is 5.91 Å². The Morgan fingerprint density at radius 2 is 1.86 bits per heavy atom. The highest BCUT2D eigenvalue weighted by Gasteiger charge is 2.45. The summed E-state index contributed by atoms with van der Waals surface area (Å²) < 4.78 is 30.1. The van der Waals surface area contributed by atoms with E-state index in [1.54, 1.807) is 24.7 Å². The van der Waals surface area contributed by atoms with Gasteiger partial charge in [0.15, 0.2) is 11.5 Å². The van der Waals surface area contributed by atoms with Crippen molar-refractivity contribution in [2.24, 2.45) is 5.92 Å². The second-order valence-corrected chi connectivity index (χ2v) is 8.94. The number of aliphatic hydroxyl groups excluding tert-OH is 1. The summed E-state index contributed by atoms with van der Waals surface area (Å²) in [6.45, 7) is 4.16. The van der Waals surface area contributed by atoms with Crippen LogP contribution in [0.2, 0.25) is 0 Å². The second kappa shape index (κ2) is 10.8. The van der Waals surface area contributed by atoms with Crippen molar-refractivity contribution < 1.29 is 33.0 Å². The monoisotopic (exact) mass is 493 g/mol. The van der Waals surface area contributed by atoms with E-state index in [0.717, 1.165) is 11.1 Å². The van der Waals surface area contributed by atoms with Crippen LogP contribution >= 0.6 is 0 Å². The summed E-state index contributed by atoms with van der Waals surface area (Å²) in [5.41, 5.74) is 2.55. The number of carbonyl (C=O) groups excluding carboxylic acids is 2. The number of furan rings is 1. The van der Waals surface area contributed by atoms with Gasteiger partial charge in [-0.2, -0.15) is 0 Å². The molecule has 36 heavy (non-hydrogen) atoms. The topological polar surface area (TPSA) is 89.2 Å². The van der Waals surface area contributed by atoms with Gasteiger partial charge in [-0.1, -0.05) is 26.0 Å². The van der Waals surface area contributed by atoms with Crippen LogP contribution in [0, 0.1) is 11.7 Å². The average Bonchev–Trinajstić information content (AvgIpc) is 3.47. The molecular weight excluding hydrogens is 465 g/mol. The van der Waals surface area contributed by atoms with E-state index in [9.17, 15) is 19.1 Å². The quantitative estimate of drug-likeness (QED) is 0.369. The SMILES string of the molecule is COCCOc1cc(F)ccc1C1C(C(=O)CC(C)C)=C(O)C(=O)N1c1ccc(-c2ccoc2)cc1. The van der Waals surface area contributed by atoms with Crippen molar-refractivity contribution in [2.45, 2.75) is 26.3 Å². The van der Waals surface area contributed by atoms with Gasteiger partial charge in [-0.05, 0) is 41.8 Å². The van der Waals surface area contributed by atoms with Gasteiger partial charge in [-0.15, -0.1) is 0 Å². The second-order valence-electron chi connectivity index (χ2n) is 8.94. The molecule has 4 rings (SSSR count). The van der Waals surface area contributed by atoms with Crippen LogP contribution in [0.3, 0.4) is 0 Å². The van der Waals surface area contributed by atoms with Crippen LogP contribution in [0.25, 0.3) is 11.1 Å². The minimum Gasteiger partial charge on any atom is -0.503 e. The zero-order chi connectivity index (χ0) is 25.8. The molecule has 1 amide bonds. The number of aliphatic hydroxyl groups is 1. The van der Waals surface area contributed by atoms with Crippen molar-refractivity contribution in [3.05, 3.63) is 83.8 Å². The molecule has 0 bridgehead atoms. The lowest BCUT2D eigenvalue weighted by Gasteiger charge is -2.28. The highest BCUT2D eigenvalue weighted by atomic mass is 19.1. The normalized spacial score (nSPS) is 15.8. The molecule has 2 heterocycles. The fourth-order valence-corrected chi connectivity index (χ4v) is 4.27. The third-order valence-corrected chi connectivity index (χ3v) is 5.92. The van der Waals surface area contributed by atoms with E-state index in [0.29, 0.717) is 11.3 Å². The number of halogens is 1. The van der Waals surface area contributed by atoms with Crippen molar-refractivity contribution >= 4 is 17.4 Å². The average molecular weight is 494 g/mol. The number of hydrogen-bond acceptors (Lipinski definition) is 6. The van der Waals surface area contributed by atoms with E-state index in [-0.39, 0.29) is 42.7 Å². The summed E-state index contributed by atoms with van der Waals surface area (Å²) >= 11 is 0. The lowest BCUT2D eigenvalue weighted by molar-refractivity contribution is -0.118. The summed E-state index contributed by atoms with van der Waals surface area (Å²) in [5, 5.41) is 10.9. The molecule has 7 nitrogen and oxygen atoms in total. The number of hydrogen-bond donors (Lipinski definition) is 1. The molecule has 1 aliphatic heterocycles. The van der Waals surface area contributed by atoms with Crippen LogP contribution in [-0.2, 0) is 14.3 Å². The van der Waals surface area contributed by atoms with Gasteiger partial charge in [0.1, 0.15) is 18.2 Å². The highest BCUT2D eigenvalue weighted by Crippen LogP contribution is 2.45. The zero-order valence-electron chi connectivity index (χ0n) is 20.4. The molecule has 0 radical (unpaired) electrons. The van der Waals surface area contributed by atoms with Gasteiger partial charge in [0.2, 0.25) is 0 Å². The van der Waals surface area contributed by atoms with Gasteiger partial charge in [0.05, 0.1) is 30.7 Å². The minimum absolute atomic E-state index is 0.00230. The smallest absolute Gasteiger partial charge is 0.294 e. The number of Topliss-reactive ketones (excluding diaryl/α,β-unsaturated/α-hetero) is 1. The predicted molar refractivity (Wildman–Crippen MR) is 132 cm³/mol. The number of ether oxygens (including phenoxy) is 2. The van der Waals surface area contributed by atoms with Crippen LogP contribution in [-0.4, -0.2) is 37.1 Å². The minimum atomic E-state index is -0.998. The van der Waals surface area contributed by atoms with Crippen molar-refractivity contribution in [2.75, 3.05) is 25.2 Å². The maximum absolute atomic E-state index is 14.2. The van der Waals surface area contributed by atoms with Crippen molar-refractivity contribution in [1.82, 2.24) is 0 Å². The molecule has 0 spiro atoms. The Morgan fingerprint density at radius 3 is 2.50 bits per heavy atom. The molecular formula is C28H28FNO6. The number of anilines is 1. The van der Waals surface area contributed by atoms with Crippen molar-refractivity contribution in [1.29, 1.82) is 0 Å².